The fraction of sp³-hybridized carbons (Fsp3) is 0.750. The minimum absolute atomic E-state index is 0.0748. The van der Waals surface area contributed by atoms with Crippen molar-refractivity contribution in [2.75, 3.05) is 0 Å². The molecule has 1 unspecified atom stereocenters. The van der Waals surface area contributed by atoms with Crippen LogP contribution in [0.1, 0.15) is 53.2 Å². The van der Waals surface area contributed by atoms with Crippen molar-refractivity contribution in [3.05, 3.63) is 11.9 Å². The lowest BCUT2D eigenvalue weighted by atomic mass is 9.86. The van der Waals surface area contributed by atoms with Crippen molar-refractivity contribution in [2.24, 2.45) is 5.92 Å². The van der Waals surface area contributed by atoms with E-state index in [2.05, 4.69) is 24.2 Å². The lowest BCUT2D eigenvalue weighted by Gasteiger charge is -2.29. The molecule has 0 N–H and O–H groups in total. The predicted molar refractivity (Wildman–Crippen MR) is 63.3 cm³/mol. The Hall–Kier alpha value is -1.19. The molecule has 0 amide bonds. The van der Waals surface area contributed by atoms with Gasteiger partial charge in [0.2, 0.25) is 0 Å². The number of nitrogens with zero attached hydrogens (tertiary/aromatic N) is 3. The van der Waals surface area contributed by atoms with Gasteiger partial charge in [0.05, 0.1) is 11.2 Å². The maximum atomic E-state index is 11.4. The summed E-state index contributed by atoms with van der Waals surface area (Å²) in [4.78, 5) is 11.4. The molecule has 4 nitrogen and oxygen atoms in total. The quantitative estimate of drug-likeness (QED) is 0.787. The number of Topliss-reactive ketones (excluding diaryl/α,β-unsaturated/α-hetero) is 1. The zero-order chi connectivity index (χ0) is 12.5. The monoisotopic (exact) mass is 223 g/mol. The molecule has 4 heteroatoms. The first-order chi connectivity index (χ1) is 7.26. The first kappa shape index (κ1) is 12.9. The highest BCUT2D eigenvalue weighted by Gasteiger charge is 2.32. The van der Waals surface area contributed by atoms with E-state index in [1.54, 1.807) is 11.6 Å². The normalized spacial score (nSPS) is 14.2. The first-order valence-corrected chi connectivity index (χ1v) is 5.70. The van der Waals surface area contributed by atoms with Crippen molar-refractivity contribution >= 4 is 5.78 Å². The Kier molecular flexibility index (Phi) is 3.51. The van der Waals surface area contributed by atoms with E-state index in [9.17, 15) is 4.79 Å². The Labute approximate surface area is 97.0 Å². The van der Waals surface area contributed by atoms with Crippen molar-refractivity contribution in [3.63, 3.8) is 0 Å². The molecule has 1 heterocycles. The summed E-state index contributed by atoms with van der Waals surface area (Å²) in [7, 11) is 0. The summed E-state index contributed by atoms with van der Waals surface area (Å²) in [5.74, 6) is 0.456. The van der Waals surface area contributed by atoms with Crippen molar-refractivity contribution < 1.29 is 4.79 Å². The molecule has 90 valence electrons. The van der Waals surface area contributed by atoms with E-state index >= 15 is 0 Å². The molecule has 1 atom stereocenters. The van der Waals surface area contributed by atoms with Gasteiger partial charge in [-0.25, -0.2) is 4.68 Å². The minimum atomic E-state index is -0.327. The molecule has 0 bridgehead atoms. The Morgan fingerprint density at radius 3 is 2.31 bits per heavy atom. The highest BCUT2D eigenvalue weighted by atomic mass is 16.1. The van der Waals surface area contributed by atoms with Crippen molar-refractivity contribution in [3.8, 4) is 0 Å². The summed E-state index contributed by atoms with van der Waals surface area (Å²) in [6, 6.07) is 0. The van der Waals surface area contributed by atoms with Gasteiger partial charge < -0.3 is 0 Å². The van der Waals surface area contributed by atoms with Crippen LogP contribution in [0.4, 0.5) is 0 Å². The van der Waals surface area contributed by atoms with Crippen LogP contribution < -0.4 is 0 Å². The minimum Gasteiger partial charge on any atom is -0.300 e. The molecule has 0 aliphatic heterocycles. The van der Waals surface area contributed by atoms with Gasteiger partial charge in [-0.2, -0.15) is 0 Å². The van der Waals surface area contributed by atoms with Crippen molar-refractivity contribution in [2.45, 2.75) is 53.0 Å². The Bertz CT molecular complexity index is 379. The number of carbonyl (C=O) groups excluding carboxylic acids is 1. The van der Waals surface area contributed by atoms with Gasteiger partial charge in [0.1, 0.15) is 5.78 Å². The number of hydrogen-bond acceptors (Lipinski definition) is 3. The van der Waals surface area contributed by atoms with Crippen LogP contribution in [0.15, 0.2) is 6.20 Å². The third-order valence-electron chi connectivity index (χ3n) is 3.36. The van der Waals surface area contributed by atoms with Gasteiger partial charge in [-0.15, -0.1) is 5.10 Å². The van der Waals surface area contributed by atoms with Gasteiger partial charge in [0, 0.05) is 12.1 Å². The zero-order valence-corrected chi connectivity index (χ0v) is 11.0. The highest BCUT2D eigenvalue weighted by molar-refractivity contribution is 5.78. The van der Waals surface area contributed by atoms with E-state index in [1.165, 1.54) is 0 Å². The number of rotatable bonds is 4. The summed E-state index contributed by atoms with van der Waals surface area (Å²) in [6.07, 6.45) is 1.93. The van der Waals surface area contributed by atoms with Crippen LogP contribution in [0.5, 0.6) is 0 Å². The van der Waals surface area contributed by atoms with Crippen LogP contribution in [-0.2, 0) is 10.3 Å². The molecule has 0 spiro atoms. The van der Waals surface area contributed by atoms with Gasteiger partial charge in [-0.05, 0) is 26.7 Å². The van der Waals surface area contributed by atoms with Crippen LogP contribution in [0.2, 0.25) is 0 Å². The van der Waals surface area contributed by atoms with Gasteiger partial charge in [-0.1, -0.05) is 26.0 Å². The fourth-order valence-corrected chi connectivity index (χ4v) is 1.52. The van der Waals surface area contributed by atoms with E-state index in [0.29, 0.717) is 5.92 Å². The standard InChI is InChI=1S/C12H21N3O/c1-8(2)11-7-15(14-13-11)12(5,6)9(3)10(4)16/h7-9H,1-6H3. The lowest BCUT2D eigenvalue weighted by molar-refractivity contribution is -0.123. The van der Waals surface area contributed by atoms with Crippen LogP contribution >= 0.6 is 0 Å². The Morgan fingerprint density at radius 1 is 1.38 bits per heavy atom. The second-order valence-electron chi connectivity index (χ2n) is 5.23. The summed E-state index contributed by atoms with van der Waals surface area (Å²) in [6.45, 7) is 11.7. The van der Waals surface area contributed by atoms with Gasteiger partial charge in [0.15, 0.2) is 0 Å². The van der Waals surface area contributed by atoms with E-state index < -0.39 is 0 Å². The van der Waals surface area contributed by atoms with Crippen LogP contribution in [-0.4, -0.2) is 20.8 Å². The van der Waals surface area contributed by atoms with Crippen LogP contribution in [0, 0.1) is 5.92 Å². The van der Waals surface area contributed by atoms with E-state index in [1.807, 2.05) is 27.0 Å². The maximum Gasteiger partial charge on any atom is 0.135 e. The third kappa shape index (κ3) is 2.31. The van der Waals surface area contributed by atoms with Gasteiger partial charge in [0.25, 0.3) is 0 Å². The topological polar surface area (TPSA) is 47.8 Å². The first-order valence-electron chi connectivity index (χ1n) is 5.70. The van der Waals surface area contributed by atoms with Crippen LogP contribution in [0.3, 0.4) is 0 Å². The maximum absolute atomic E-state index is 11.4. The van der Waals surface area contributed by atoms with Gasteiger partial charge in [-0.3, -0.25) is 4.79 Å². The van der Waals surface area contributed by atoms with E-state index in [-0.39, 0.29) is 17.2 Å². The molecule has 0 aromatic carbocycles. The number of aromatic nitrogens is 3. The van der Waals surface area contributed by atoms with Crippen LogP contribution in [0.25, 0.3) is 0 Å². The molecular formula is C12H21N3O. The second kappa shape index (κ2) is 4.36. The second-order valence-corrected chi connectivity index (χ2v) is 5.23. The highest BCUT2D eigenvalue weighted by Crippen LogP contribution is 2.26. The predicted octanol–water partition coefficient (Wildman–Crippen LogP) is 2.36. The Balaban J connectivity index is 3.02. The summed E-state index contributed by atoms with van der Waals surface area (Å²) in [5.41, 5.74) is 0.634. The molecule has 0 aliphatic rings. The smallest absolute Gasteiger partial charge is 0.135 e. The fourth-order valence-electron chi connectivity index (χ4n) is 1.52. The summed E-state index contributed by atoms with van der Waals surface area (Å²) in [5, 5.41) is 8.25. The molecule has 0 radical (unpaired) electrons. The molecule has 0 fully saturated rings. The van der Waals surface area contributed by atoms with Crippen molar-refractivity contribution in [1.29, 1.82) is 0 Å². The Morgan fingerprint density at radius 2 is 1.94 bits per heavy atom. The van der Waals surface area contributed by atoms with Crippen molar-refractivity contribution in [1.82, 2.24) is 15.0 Å². The lowest BCUT2D eigenvalue weighted by Crippen LogP contribution is -2.37. The molecular weight excluding hydrogens is 202 g/mol. The van der Waals surface area contributed by atoms with E-state index in [4.69, 9.17) is 0 Å². The number of ketones is 1. The molecule has 0 aliphatic carbocycles. The molecule has 16 heavy (non-hydrogen) atoms. The largest absolute Gasteiger partial charge is 0.300 e. The molecule has 0 saturated carbocycles. The number of hydrogen-bond donors (Lipinski definition) is 0. The molecule has 1 aromatic heterocycles. The van der Waals surface area contributed by atoms with E-state index in [0.717, 1.165) is 5.69 Å². The van der Waals surface area contributed by atoms with Gasteiger partial charge >= 0.3 is 0 Å². The molecule has 1 rings (SSSR count). The summed E-state index contributed by atoms with van der Waals surface area (Å²) >= 11 is 0. The molecule has 0 saturated heterocycles. The SMILES string of the molecule is CC(=O)C(C)C(C)(C)n1cc(C(C)C)nn1. The molecule has 1 aromatic rings. The third-order valence-corrected chi connectivity index (χ3v) is 3.36. The number of carbonyl (C=O) groups is 1. The summed E-state index contributed by atoms with van der Waals surface area (Å²) < 4.78 is 1.80. The average Bonchev–Trinajstić information content (AvgIpc) is 2.65. The zero-order valence-electron chi connectivity index (χ0n) is 11.0. The average molecular weight is 223 g/mol.